The molecule has 0 fully saturated rings. The summed E-state index contributed by atoms with van der Waals surface area (Å²) in [5.41, 5.74) is 7.07. The second-order valence-electron chi connectivity index (χ2n) is 4.06. The van der Waals surface area contributed by atoms with Gasteiger partial charge in [-0.15, -0.1) is 10.2 Å². The van der Waals surface area contributed by atoms with E-state index in [-0.39, 0.29) is 5.92 Å². The molecular formula is C12H15N3O2. The number of methoxy groups -OCH3 is 1. The van der Waals surface area contributed by atoms with E-state index >= 15 is 0 Å². The van der Waals surface area contributed by atoms with Gasteiger partial charge in [0.05, 0.1) is 12.7 Å². The zero-order valence-electron chi connectivity index (χ0n) is 10.1. The number of hydrogen-bond acceptors (Lipinski definition) is 5. The molecule has 0 spiro atoms. The Bertz CT molecular complexity index is 520. The van der Waals surface area contributed by atoms with Gasteiger partial charge in [0.2, 0.25) is 5.89 Å². The van der Waals surface area contributed by atoms with Gasteiger partial charge in [-0.25, -0.2) is 0 Å². The molecule has 2 N–H and O–H groups in total. The molecule has 1 aromatic carbocycles. The first-order valence-corrected chi connectivity index (χ1v) is 5.39. The summed E-state index contributed by atoms with van der Waals surface area (Å²) in [4.78, 5) is 0. The molecule has 0 aliphatic heterocycles. The monoisotopic (exact) mass is 233 g/mol. The average Bonchev–Trinajstić information content (AvgIpc) is 2.78. The molecule has 0 saturated carbocycles. The zero-order chi connectivity index (χ0) is 12.4. The molecule has 17 heavy (non-hydrogen) atoms. The van der Waals surface area contributed by atoms with E-state index < -0.39 is 0 Å². The van der Waals surface area contributed by atoms with Gasteiger partial charge in [0, 0.05) is 17.7 Å². The van der Waals surface area contributed by atoms with Crippen molar-refractivity contribution < 1.29 is 9.15 Å². The van der Waals surface area contributed by atoms with Crippen LogP contribution in [0.4, 0.5) is 5.69 Å². The molecule has 1 aromatic heterocycles. The summed E-state index contributed by atoms with van der Waals surface area (Å²) >= 11 is 0. The summed E-state index contributed by atoms with van der Waals surface area (Å²) in [5.74, 6) is 1.89. The van der Waals surface area contributed by atoms with Crippen molar-refractivity contribution in [3.8, 4) is 17.2 Å². The predicted octanol–water partition coefficient (Wildman–Crippen LogP) is 2.45. The maximum absolute atomic E-state index is 5.69. The molecule has 0 amide bonds. The van der Waals surface area contributed by atoms with E-state index in [2.05, 4.69) is 10.2 Å². The van der Waals surface area contributed by atoms with Crippen LogP contribution in [0.15, 0.2) is 22.6 Å². The summed E-state index contributed by atoms with van der Waals surface area (Å²) in [6, 6.07) is 5.32. The Morgan fingerprint density at radius 3 is 2.65 bits per heavy atom. The molecule has 0 radical (unpaired) electrons. The molecule has 0 atom stereocenters. The maximum atomic E-state index is 5.69. The Morgan fingerprint density at radius 2 is 2.06 bits per heavy atom. The Hall–Kier alpha value is -2.04. The topological polar surface area (TPSA) is 74.2 Å². The van der Waals surface area contributed by atoms with Crippen molar-refractivity contribution in [2.75, 3.05) is 12.8 Å². The molecular weight excluding hydrogens is 218 g/mol. The molecule has 2 rings (SSSR count). The third kappa shape index (κ3) is 2.22. The van der Waals surface area contributed by atoms with E-state index in [1.165, 1.54) is 0 Å². The first-order chi connectivity index (χ1) is 8.11. The van der Waals surface area contributed by atoms with Gasteiger partial charge in [-0.3, -0.25) is 0 Å². The van der Waals surface area contributed by atoms with Crippen molar-refractivity contribution in [2.45, 2.75) is 19.8 Å². The van der Waals surface area contributed by atoms with Crippen molar-refractivity contribution in [3.63, 3.8) is 0 Å². The Balaban J connectivity index is 2.44. The van der Waals surface area contributed by atoms with Crippen LogP contribution < -0.4 is 10.5 Å². The van der Waals surface area contributed by atoms with Crippen LogP contribution in [-0.2, 0) is 0 Å². The summed E-state index contributed by atoms with van der Waals surface area (Å²) in [6.07, 6.45) is 0. The number of rotatable bonds is 3. The summed E-state index contributed by atoms with van der Waals surface area (Å²) in [7, 11) is 1.58. The number of benzene rings is 1. The smallest absolute Gasteiger partial charge is 0.251 e. The highest BCUT2D eigenvalue weighted by Gasteiger charge is 2.15. The summed E-state index contributed by atoms with van der Waals surface area (Å²) in [6.45, 7) is 4.00. The summed E-state index contributed by atoms with van der Waals surface area (Å²) < 4.78 is 10.8. The highest BCUT2D eigenvalue weighted by molar-refractivity contribution is 5.66. The van der Waals surface area contributed by atoms with E-state index in [0.717, 1.165) is 5.56 Å². The number of anilines is 1. The van der Waals surface area contributed by atoms with Crippen LogP contribution in [0.1, 0.15) is 25.7 Å². The molecule has 0 aliphatic carbocycles. The molecule has 0 unspecified atom stereocenters. The minimum Gasteiger partial charge on any atom is -0.496 e. The fraction of sp³-hybridized carbons (Fsp3) is 0.333. The minimum absolute atomic E-state index is 0.205. The van der Waals surface area contributed by atoms with E-state index in [1.807, 2.05) is 19.9 Å². The van der Waals surface area contributed by atoms with Crippen LogP contribution in [-0.4, -0.2) is 17.3 Å². The lowest BCUT2D eigenvalue weighted by molar-refractivity contribution is 0.413. The highest BCUT2D eigenvalue weighted by atomic mass is 16.5. The lowest BCUT2D eigenvalue weighted by atomic mass is 10.2. The quantitative estimate of drug-likeness (QED) is 0.824. The van der Waals surface area contributed by atoms with E-state index in [4.69, 9.17) is 14.9 Å². The van der Waals surface area contributed by atoms with Crippen LogP contribution in [0.2, 0.25) is 0 Å². The van der Waals surface area contributed by atoms with Crippen LogP contribution in [0.5, 0.6) is 5.75 Å². The van der Waals surface area contributed by atoms with Gasteiger partial charge in [-0.2, -0.15) is 0 Å². The zero-order valence-corrected chi connectivity index (χ0v) is 10.1. The second-order valence-corrected chi connectivity index (χ2v) is 4.06. The van der Waals surface area contributed by atoms with Gasteiger partial charge < -0.3 is 14.9 Å². The first kappa shape index (κ1) is 11.4. The SMILES string of the molecule is COc1cc(N)ccc1-c1nnc(C(C)C)o1. The fourth-order valence-electron chi connectivity index (χ4n) is 1.46. The van der Waals surface area contributed by atoms with Gasteiger partial charge >= 0.3 is 0 Å². The number of aromatic nitrogens is 2. The van der Waals surface area contributed by atoms with Gasteiger partial charge in [0.25, 0.3) is 5.89 Å². The number of nitrogens with two attached hydrogens (primary N) is 1. The molecule has 90 valence electrons. The number of nitrogen functional groups attached to an aromatic ring is 1. The number of ether oxygens (including phenoxy) is 1. The van der Waals surface area contributed by atoms with Crippen molar-refractivity contribution >= 4 is 5.69 Å². The molecule has 2 aromatic rings. The maximum Gasteiger partial charge on any atom is 0.251 e. The van der Waals surface area contributed by atoms with Crippen LogP contribution in [0.3, 0.4) is 0 Å². The Kier molecular flexibility index (Phi) is 2.99. The lowest BCUT2D eigenvalue weighted by Gasteiger charge is -2.05. The third-order valence-electron chi connectivity index (χ3n) is 2.39. The Labute approximate surface area is 99.6 Å². The lowest BCUT2D eigenvalue weighted by Crippen LogP contribution is -1.91. The van der Waals surface area contributed by atoms with Gasteiger partial charge in [-0.1, -0.05) is 13.8 Å². The van der Waals surface area contributed by atoms with Crippen molar-refractivity contribution in [2.24, 2.45) is 0 Å². The van der Waals surface area contributed by atoms with Crippen LogP contribution >= 0.6 is 0 Å². The second kappa shape index (κ2) is 4.45. The Morgan fingerprint density at radius 1 is 1.29 bits per heavy atom. The van der Waals surface area contributed by atoms with Crippen molar-refractivity contribution in [1.29, 1.82) is 0 Å². The molecule has 0 saturated heterocycles. The first-order valence-electron chi connectivity index (χ1n) is 5.39. The molecule has 0 bridgehead atoms. The number of nitrogens with zero attached hydrogens (tertiary/aromatic N) is 2. The van der Waals surface area contributed by atoms with E-state index in [1.54, 1.807) is 19.2 Å². The van der Waals surface area contributed by atoms with Gasteiger partial charge in [-0.05, 0) is 12.1 Å². The molecule has 5 heteroatoms. The fourth-order valence-corrected chi connectivity index (χ4v) is 1.46. The predicted molar refractivity (Wildman–Crippen MR) is 64.8 cm³/mol. The molecule has 5 nitrogen and oxygen atoms in total. The van der Waals surface area contributed by atoms with Crippen LogP contribution in [0.25, 0.3) is 11.5 Å². The average molecular weight is 233 g/mol. The summed E-state index contributed by atoms with van der Waals surface area (Å²) in [5, 5.41) is 7.99. The van der Waals surface area contributed by atoms with Gasteiger partial charge in [0.15, 0.2) is 0 Å². The normalized spacial score (nSPS) is 10.8. The third-order valence-corrected chi connectivity index (χ3v) is 2.39. The largest absolute Gasteiger partial charge is 0.496 e. The van der Waals surface area contributed by atoms with E-state index in [9.17, 15) is 0 Å². The van der Waals surface area contributed by atoms with Crippen molar-refractivity contribution in [3.05, 3.63) is 24.1 Å². The van der Waals surface area contributed by atoms with Crippen molar-refractivity contribution in [1.82, 2.24) is 10.2 Å². The highest BCUT2D eigenvalue weighted by Crippen LogP contribution is 2.31. The minimum atomic E-state index is 0.205. The number of hydrogen-bond donors (Lipinski definition) is 1. The van der Waals surface area contributed by atoms with E-state index in [0.29, 0.717) is 23.2 Å². The van der Waals surface area contributed by atoms with Gasteiger partial charge in [0.1, 0.15) is 5.75 Å². The standard InChI is InChI=1S/C12H15N3O2/c1-7(2)11-14-15-12(17-11)9-5-4-8(13)6-10(9)16-3/h4-7H,13H2,1-3H3. The molecule has 1 heterocycles. The molecule has 0 aliphatic rings. The van der Waals surface area contributed by atoms with Crippen LogP contribution in [0, 0.1) is 0 Å².